The first-order valence-corrected chi connectivity index (χ1v) is 7.63. The Labute approximate surface area is 130 Å². The van der Waals surface area contributed by atoms with E-state index in [1.165, 1.54) is 6.20 Å². The summed E-state index contributed by atoms with van der Waals surface area (Å²) in [5.41, 5.74) is 0.827. The number of benzene rings is 1. The van der Waals surface area contributed by atoms with E-state index in [1.54, 1.807) is 18.2 Å². The Kier molecular flexibility index (Phi) is 5.24. The number of halogens is 4. The largest absolute Gasteiger partial charge is 0.443 e. The van der Waals surface area contributed by atoms with Crippen molar-refractivity contribution in [3.05, 3.63) is 50.9 Å². The number of nitrogens with zero attached hydrogens (tertiary/aromatic N) is 1. The van der Waals surface area contributed by atoms with Crippen molar-refractivity contribution in [2.75, 3.05) is 6.54 Å². The van der Waals surface area contributed by atoms with Crippen LogP contribution in [0, 0.1) is 0 Å². The molecule has 21 heavy (non-hydrogen) atoms. The molecule has 1 atom stereocenters. The maximum Gasteiger partial charge on any atom is 0.443 e. The summed E-state index contributed by atoms with van der Waals surface area (Å²) in [6, 6.07) is 6.77. The predicted molar refractivity (Wildman–Crippen MR) is 78.7 cm³/mol. The highest BCUT2D eigenvalue weighted by molar-refractivity contribution is 7.11. The summed E-state index contributed by atoms with van der Waals surface area (Å²) < 4.78 is 38.1. The summed E-state index contributed by atoms with van der Waals surface area (Å²) in [4.78, 5) is 4.01. The van der Waals surface area contributed by atoms with Crippen LogP contribution in [0.3, 0.4) is 0 Å². The molecule has 114 valence electrons. The molecule has 1 unspecified atom stereocenters. The molecule has 1 aromatic heterocycles. The fraction of sp³-hybridized carbons (Fsp3) is 0.357. The molecular formula is C14H14ClF3N2S. The molecule has 2 aromatic rings. The molecule has 1 aromatic carbocycles. The molecule has 0 saturated carbocycles. The SMILES string of the molecule is CCCNC(c1cccc(Cl)c1)c1cnc(C(F)(F)F)s1. The lowest BCUT2D eigenvalue weighted by Gasteiger charge is -2.17. The van der Waals surface area contributed by atoms with E-state index in [0.29, 0.717) is 27.8 Å². The van der Waals surface area contributed by atoms with Crippen LogP contribution in [0.15, 0.2) is 30.5 Å². The van der Waals surface area contributed by atoms with Crippen LogP contribution in [0.4, 0.5) is 13.2 Å². The Morgan fingerprint density at radius 2 is 2.14 bits per heavy atom. The fourth-order valence-corrected chi connectivity index (χ4v) is 2.99. The van der Waals surface area contributed by atoms with Gasteiger partial charge in [0.1, 0.15) is 0 Å². The molecule has 7 heteroatoms. The van der Waals surface area contributed by atoms with Gasteiger partial charge in [-0.3, -0.25) is 0 Å². The van der Waals surface area contributed by atoms with Gasteiger partial charge in [-0.05, 0) is 30.7 Å². The van der Waals surface area contributed by atoms with Crippen molar-refractivity contribution in [3.8, 4) is 0 Å². The van der Waals surface area contributed by atoms with Gasteiger partial charge in [-0.15, -0.1) is 11.3 Å². The number of hydrogen-bond acceptors (Lipinski definition) is 3. The van der Waals surface area contributed by atoms with E-state index >= 15 is 0 Å². The zero-order chi connectivity index (χ0) is 15.5. The third-order valence-electron chi connectivity index (χ3n) is 2.83. The van der Waals surface area contributed by atoms with Crippen LogP contribution < -0.4 is 5.32 Å². The first-order chi connectivity index (χ1) is 9.91. The number of hydrogen-bond donors (Lipinski definition) is 1. The van der Waals surface area contributed by atoms with Crippen LogP contribution in [-0.4, -0.2) is 11.5 Å². The van der Waals surface area contributed by atoms with Gasteiger partial charge in [0, 0.05) is 16.1 Å². The Hall–Kier alpha value is -1.11. The van der Waals surface area contributed by atoms with Gasteiger partial charge in [0.25, 0.3) is 0 Å². The molecule has 0 aliphatic carbocycles. The maximum atomic E-state index is 12.7. The van der Waals surface area contributed by atoms with Crippen LogP contribution in [0.25, 0.3) is 0 Å². The summed E-state index contributed by atoms with van der Waals surface area (Å²) >= 11 is 6.63. The quantitative estimate of drug-likeness (QED) is 0.840. The van der Waals surface area contributed by atoms with Crippen molar-refractivity contribution in [3.63, 3.8) is 0 Å². The highest BCUT2D eigenvalue weighted by atomic mass is 35.5. The van der Waals surface area contributed by atoms with E-state index in [9.17, 15) is 13.2 Å². The Bertz CT molecular complexity index is 598. The van der Waals surface area contributed by atoms with Gasteiger partial charge in [-0.25, -0.2) is 4.98 Å². The first-order valence-electron chi connectivity index (χ1n) is 6.43. The molecule has 0 radical (unpaired) electrons. The van der Waals surface area contributed by atoms with Gasteiger partial charge in [0.15, 0.2) is 5.01 Å². The van der Waals surface area contributed by atoms with E-state index in [0.717, 1.165) is 12.0 Å². The van der Waals surface area contributed by atoms with Crippen molar-refractivity contribution < 1.29 is 13.2 Å². The van der Waals surface area contributed by atoms with Crippen LogP contribution in [0.1, 0.15) is 34.8 Å². The number of nitrogens with one attached hydrogen (secondary N) is 1. The van der Waals surface area contributed by atoms with Gasteiger partial charge in [0.05, 0.1) is 6.04 Å². The number of thiazole rings is 1. The standard InChI is InChI=1S/C14H14ClF3N2S/c1-2-6-19-12(9-4-3-5-10(15)7-9)11-8-20-13(21-11)14(16,17)18/h3-5,7-8,12,19H,2,6H2,1H3. The van der Waals surface area contributed by atoms with Crippen LogP contribution >= 0.6 is 22.9 Å². The van der Waals surface area contributed by atoms with Crippen LogP contribution in [0.2, 0.25) is 5.02 Å². The molecule has 0 amide bonds. The maximum absolute atomic E-state index is 12.7. The van der Waals surface area contributed by atoms with E-state index in [4.69, 9.17) is 11.6 Å². The van der Waals surface area contributed by atoms with E-state index in [1.807, 2.05) is 13.0 Å². The molecule has 0 aliphatic rings. The highest BCUT2D eigenvalue weighted by Gasteiger charge is 2.35. The lowest BCUT2D eigenvalue weighted by atomic mass is 10.1. The molecule has 0 spiro atoms. The van der Waals surface area contributed by atoms with Crippen LogP contribution in [0.5, 0.6) is 0 Å². The molecule has 2 rings (SSSR count). The van der Waals surface area contributed by atoms with Gasteiger partial charge >= 0.3 is 6.18 Å². The van der Waals surface area contributed by atoms with Crippen LogP contribution in [-0.2, 0) is 6.18 Å². The average molecular weight is 335 g/mol. The van der Waals surface area contributed by atoms with Crippen molar-refractivity contribution >= 4 is 22.9 Å². The third-order valence-corrected chi connectivity index (χ3v) is 4.17. The van der Waals surface area contributed by atoms with Gasteiger partial charge in [-0.1, -0.05) is 30.7 Å². The smallest absolute Gasteiger partial charge is 0.306 e. The second kappa shape index (κ2) is 6.77. The first kappa shape index (κ1) is 16.3. The van der Waals surface area contributed by atoms with Gasteiger partial charge in [0.2, 0.25) is 0 Å². The lowest BCUT2D eigenvalue weighted by molar-refractivity contribution is -0.137. The second-order valence-corrected chi connectivity index (χ2v) is 6.01. The summed E-state index contributed by atoms with van der Waals surface area (Å²) in [5.74, 6) is 0. The molecule has 1 heterocycles. The Balaban J connectivity index is 2.34. The third kappa shape index (κ3) is 4.18. The number of rotatable bonds is 5. The monoisotopic (exact) mass is 334 g/mol. The summed E-state index contributed by atoms with van der Waals surface area (Å²) in [6.45, 7) is 2.69. The molecule has 2 nitrogen and oxygen atoms in total. The number of aromatic nitrogens is 1. The topological polar surface area (TPSA) is 24.9 Å². The van der Waals surface area contributed by atoms with E-state index < -0.39 is 11.2 Å². The molecule has 1 N–H and O–H groups in total. The Morgan fingerprint density at radius 1 is 1.38 bits per heavy atom. The van der Waals surface area contributed by atoms with Crippen molar-refractivity contribution in [1.29, 1.82) is 0 Å². The van der Waals surface area contributed by atoms with E-state index in [2.05, 4.69) is 10.3 Å². The average Bonchev–Trinajstić information content (AvgIpc) is 2.89. The second-order valence-electron chi connectivity index (χ2n) is 4.51. The normalized spacial score (nSPS) is 13.4. The van der Waals surface area contributed by atoms with Gasteiger partial charge in [-0.2, -0.15) is 13.2 Å². The zero-order valence-electron chi connectivity index (χ0n) is 11.2. The minimum absolute atomic E-state index is 0.336. The molecule has 0 saturated heterocycles. The zero-order valence-corrected chi connectivity index (χ0v) is 12.8. The summed E-state index contributed by atoms with van der Waals surface area (Å²) in [7, 11) is 0. The fourth-order valence-electron chi connectivity index (χ4n) is 1.91. The number of alkyl halides is 3. The summed E-state index contributed by atoms with van der Waals surface area (Å²) in [5, 5.41) is 2.96. The minimum Gasteiger partial charge on any atom is -0.306 e. The minimum atomic E-state index is -4.41. The summed E-state index contributed by atoms with van der Waals surface area (Å²) in [6.07, 6.45) is -2.25. The molecule has 0 aliphatic heterocycles. The Morgan fingerprint density at radius 3 is 2.71 bits per heavy atom. The van der Waals surface area contributed by atoms with Crippen molar-refractivity contribution in [1.82, 2.24) is 10.3 Å². The molecular weight excluding hydrogens is 321 g/mol. The van der Waals surface area contributed by atoms with Gasteiger partial charge < -0.3 is 5.32 Å². The van der Waals surface area contributed by atoms with Crippen molar-refractivity contribution in [2.45, 2.75) is 25.6 Å². The lowest BCUT2D eigenvalue weighted by Crippen LogP contribution is -2.22. The van der Waals surface area contributed by atoms with Crippen molar-refractivity contribution in [2.24, 2.45) is 0 Å². The molecule has 0 bridgehead atoms. The van der Waals surface area contributed by atoms with E-state index in [-0.39, 0.29) is 6.04 Å². The predicted octanol–water partition coefficient (Wildman–Crippen LogP) is 4.90. The molecule has 0 fully saturated rings. The highest BCUT2D eigenvalue weighted by Crippen LogP contribution is 2.36.